The highest BCUT2D eigenvalue weighted by Crippen LogP contribution is 2.19. The first-order chi connectivity index (χ1) is 10.1. The minimum atomic E-state index is -0.0858. The van der Waals surface area contributed by atoms with Crippen molar-refractivity contribution in [1.82, 2.24) is 0 Å². The maximum atomic E-state index is 6.08. The number of nitrogens with two attached hydrogens (primary N) is 2. The molecule has 21 heavy (non-hydrogen) atoms. The highest BCUT2D eigenvalue weighted by atomic mass is 35.5. The predicted octanol–water partition coefficient (Wildman–Crippen LogP) is 2.53. The molecule has 0 atom stereocenters. The van der Waals surface area contributed by atoms with E-state index in [0.29, 0.717) is 17.4 Å². The maximum absolute atomic E-state index is 6.08. The van der Waals surface area contributed by atoms with E-state index in [-0.39, 0.29) is 5.96 Å². The van der Waals surface area contributed by atoms with Crippen LogP contribution < -0.4 is 16.2 Å². The topological polar surface area (TPSA) is 86.0 Å². The van der Waals surface area contributed by atoms with E-state index < -0.39 is 0 Å². The number of rotatable bonds is 5. The standard InChI is InChI=1S/C15H15ClN4O/c16-14-7-2-1-5-12(14)10-21-13-6-3-4-11(8-13)9-19-20-15(17)18/h1-9H,10H2,(H4,17,18,20). The molecule has 0 amide bonds. The fraction of sp³-hybridized carbons (Fsp3) is 0.0667. The van der Waals surface area contributed by atoms with Crippen LogP contribution in [0, 0.1) is 0 Å². The van der Waals surface area contributed by atoms with Gasteiger partial charge in [-0.1, -0.05) is 41.9 Å². The average molecular weight is 303 g/mol. The molecule has 6 heteroatoms. The maximum Gasteiger partial charge on any atom is 0.211 e. The molecule has 2 aromatic rings. The summed E-state index contributed by atoms with van der Waals surface area (Å²) in [6, 6.07) is 15.0. The zero-order valence-corrected chi connectivity index (χ0v) is 12.0. The molecule has 0 aliphatic carbocycles. The first kappa shape index (κ1) is 14.9. The Balaban J connectivity index is 2.03. The number of guanidine groups is 1. The zero-order chi connectivity index (χ0) is 15.1. The molecule has 0 fully saturated rings. The van der Waals surface area contributed by atoms with Gasteiger partial charge in [-0.25, -0.2) is 0 Å². The third-order valence-corrected chi connectivity index (χ3v) is 2.96. The van der Waals surface area contributed by atoms with Crippen molar-refractivity contribution >= 4 is 23.8 Å². The summed E-state index contributed by atoms with van der Waals surface area (Å²) >= 11 is 6.08. The quantitative estimate of drug-likeness (QED) is 0.505. The minimum Gasteiger partial charge on any atom is -0.489 e. The van der Waals surface area contributed by atoms with Gasteiger partial charge in [0.15, 0.2) is 0 Å². The number of nitrogens with zero attached hydrogens (tertiary/aromatic N) is 2. The number of ether oxygens (including phenoxy) is 1. The van der Waals surface area contributed by atoms with Gasteiger partial charge in [0, 0.05) is 10.6 Å². The van der Waals surface area contributed by atoms with Crippen LogP contribution in [0.1, 0.15) is 11.1 Å². The zero-order valence-electron chi connectivity index (χ0n) is 11.2. The van der Waals surface area contributed by atoms with Gasteiger partial charge in [-0.3, -0.25) is 0 Å². The van der Waals surface area contributed by atoms with E-state index in [1.165, 1.54) is 0 Å². The average Bonchev–Trinajstić information content (AvgIpc) is 2.46. The summed E-state index contributed by atoms with van der Waals surface area (Å²) in [4.78, 5) is 0. The van der Waals surface area contributed by atoms with Gasteiger partial charge in [0.2, 0.25) is 5.96 Å². The van der Waals surface area contributed by atoms with Crippen molar-refractivity contribution in [1.29, 1.82) is 0 Å². The monoisotopic (exact) mass is 302 g/mol. The van der Waals surface area contributed by atoms with Gasteiger partial charge in [-0.05, 0) is 23.8 Å². The van der Waals surface area contributed by atoms with Gasteiger partial charge < -0.3 is 16.2 Å². The fourth-order valence-electron chi connectivity index (χ4n) is 1.62. The summed E-state index contributed by atoms with van der Waals surface area (Å²) in [5.41, 5.74) is 12.1. The highest BCUT2D eigenvalue weighted by molar-refractivity contribution is 6.31. The van der Waals surface area contributed by atoms with E-state index in [2.05, 4.69) is 10.2 Å². The van der Waals surface area contributed by atoms with Crippen molar-refractivity contribution < 1.29 is 4.74 Å². The summed E-state index contributed by atoms with van der Waals surface area (Å²) in [6.45, 7) is 0.397. The van der Waals surface area contributed by atoms with Crippen LogP contribution in [-0.4, -0.2) is 12.2 Å². The van der Waals surface area contributed by atoms with Gasteiger partial charge in [0.25, 0.3) is 0 Å². The molecule has 0 unspecified atom stereocenters. The SMILES string of the molecule is NC(N)=NN=Cc1cccc(OCc2ccccc2Cl)c1. The highest BCUT2D eigenvalue weighted by Gasteiger charge is 2.00. The molecule has 0 radical (unpaired) electrons. The largest absolute Gasteiger partial charge is 0.489 e. The van der Waals surface area contributed by atoms with Crippen molar-refractivity contribution in [3.05, 3.63) is 64.7 Å². The molecule has 0 aliphatic heterocycles. The molecule has 108 valence electrons. The molecule has 0 aromatic heterocycles. The Morgan fingerprint density at radius 1 is 1.14 bits per heavy atom. The van der Waals surface area contributed by atoms with Crippen molar-refractivity contribution in [2.24, 2.45) is 21.7 Å². The number of benzene rings is 2. The molecule has 4 N–H and O–H groups in total. The third-order valence-electron chi connectivity index (χ3n) is 2.59. The third kappa shape index (κ3) is 4.81. The molecular weight excluding hydrogens is 288 g/mol. The summed E-state index contributed by atoms with van der Waals surface area (Å²) in [5.74, 6) is 0.626. The Kier molecular flexibility index (Phi) is 5.17. The second-order valence-corrected chi connectivity index (χ2v) is 4.63. The van der Waals surface area contributed by atoms with Crippen molar-refractivity contribution in [2.75, 3.05) is 0 Å². The van der Waals surface area contributed by atoms with Gasteiger partial charge in [0.05, 0.1) is 6.21 Å². The van der Waals surface area contributed by atoms with Crippen LogP contribution >= 0.6 is 11.6 Å². The Hall–Kier alpha value is -2.53. The molecule has 0 saturated heterocycles. The van der Waals surface area contributed by atoms with Gasteiger partial charge in [0.1, 0.15) is 12.4 Å². The van der Waals surface area contributed by atoms with Crippen LogP contribution in [0.25, 0.3) is 0 Å². The molecule has 2 aromatic carbocycles. The van der Waals surface area contributed by atoms with E-state index in [1.54, 1.807) is 6.21 Å². The van der Waals surface area contributed by atoms with E-state index in [1.807, 2.05) is 48.5 Å². The van der Waals surface area contributed by atoms with Crippen molar-refractivity contribution in [3.8, 4) is 5.75 Å². The molecule has 2 rings (SSSR count). The van der Waals surface area contributed by atoms with E-state index in [9.17, 15) is 0 Å². The van der Waals surface area contributed by atoms with Crippen LogP contribution in [0.5, 0.6) is 5.75 Å². The lowest BCUT2D eigenvalue weighted by molar-refractivity contribution is 0.306. The molecule has 0 aliphatic rings. The summed E-state index contributed by atoms with van der Waals surface area (Å²) in [6.07, 6.45) is 1.54. The normalized spacial score (nSPS) is 10.5. The lowest BCUT2D eigenvalue weighted by atomic mass is 10.2. The number of halogens is 1. The Morgan fingerprint density at radius 3 is 2.71 bits per heavy atom. The first-order valence-electron chi connectivity index (χ1n) is 6.23. The van der Waals surface area contributed by atoms with Crippen LogP contribution in [0.2, 0.25) is 5.02 Å². The van der Waals surface area contributed by atoms with Crippen LogP contribution in [0.4, 0.5) is 0 Å². The Morgan fingerprint density at radius 2 is 1.95 bits per heavy atom. The number of hydrogen-bond acceptors (Lipinski definition) is 3. The van der Waals surface area contributed by atoms with Crippen molar-refractivity contribution in [3.63, 3.8) is 0 Å². The van der Waals surface area contributed by atoms with Crippen molar-refractivity contribution in [2.45, 2.75) is 6.61 Å². The van der Waals surface area contributed by atoms with E-state index >= 15 is 0 Å². The molecule has 5 nitrogen and oxygen atoms in total. The molecular formula is C15H15ClN4O. The minimum absolute atomic E-state index is 0.0858. The molecule has 0 saturated carbocycles. The summed E-state index contributed by atoms with van der Waals surface area (Å²) < 4.78 is 5.71. The lowest BCUT2D eigenvalue weighted by Crippen LogP contribution is -2.21. The van der Waals surface area contributed by atoms with E-state index in [0.717, 1.165) is 11.1 Å². The smallest absolute Gasteiger partial charge is 0.211 e. The lowest BCUT2D eigenvalue weighted by Gasteiger charge is -2.08. The van der Waals surface area contributed by atoms with Gasteiger partial charge in [-0.2, -0.15) is 5.10 Å². The Bertz CT molecular complexity index is 666. The second-order valence-electron chi connectivity index (χ2n) is 4.22. The fourth-order valence-corrected chi connectivity index (χ4v) is 1.81. The van der Waals surface area contributed by atoms with E-state index in [4.69, 9.17) is 27.8 Å². The first-order valence-corrected chi connectivity index (χ1v) is 6.61. The second kappa shape index (κ2) is 7.31. The summed E-state index contributed by atoms with van der Waals surface area (Å²) in [7, 11) is 0. The molecule has 0 spiro atoms. The Labute approximate surface area is 127 Å². The van der Waals surface area contributed by atoms with Gasteiger partial charge >= 0.3 is 0 Å². The predicted molar refractivity (Wildman–Crippen MR) is 85.6 cm³/mol. The summed E-state index contributed by atoms with van der Waals surface area (Å²) in [5, 5.41) is 7.97. The molecule has 0 heterocycles. The number of hydrogen-bond donors (Lipinski definition) is 2. The van der Waals surface area contributed by atoms with Crippen LogP contribution in [0.3, 0.4) is 0 Å². The van der Waals surface area contributed by atoms with Crippen LogP contribution in [0.15, 0.2) is 58.7 Å². The van der Waals surface area contributed by atoms with Gasteiger partial charge in [-0.15, -0.1) is 5.10 Å². The molecule has 0 bridgehead atoms. The van der Waals surface area contributed by atoms with Crippen LogP contribution in [-0.2, 0) is 6.61 Å².